The summed E-state index contributed by atoms with van der Waals surface area (Å²) in [4.78, 5) is 0. The van der Waals surface area contributed by atoms with E-state index in [1.54, 1.807) is 0 Å². The van der Waals surface area contributed by atoms with E-state index in [2.05, 4.69) is 0 Å². The molecule has 0 saturated heterocycles. The van der Waals surface area contributed by atoms with Gasteiger partial charge in [0.15, 0.2) is 0 Å². The Morgan fingerprint density at radius 3 is 0.769 bits per heavy atom. The molecule has 14 N–H and O–H groups in total. The van der Waals surface area contributed by atoms with Gasteiger partial charge in [-0.2, -0.15) is 8.42 Å². The SMILES string of the molecule is O.O.O.O.O.O.O=S(=O)(O)O.[Fe].[H-].[K+]. The smallest absolute Gasteiger partial charge is 1.00 e. The molecular weight excluding hydrogens is 287 g/mol. The van der Waals surface area contributed by atoms with Crippen molar-refractivity contribution in [3.63, 3.8) is 0 Å². The van der Waals surface area contributed by atoms with Crippen molar-refractivity contribution >= 4 is 10.4 Å². The Kier molecular flexibility index (Phi) is 240. The summed E-state index contributed by atoms with van der Waals surface area (Å²) in [5.41, 5.74) is 0. The fourth-order valence-corrected chi connectivity index (χ4v) is 0. The zero-order chi connectivity index (χ0) is 4.50. The van der Waals surface area contributed by atoms with E-state index in [4.69, 9.17) is 17.5 Å². The second-order valence-corrected chi connectivity index (χ2v) is 1.34. The average Bonchev–Trinajstić information content (AvgIpc) is 0.722. The van der Waals surface area contributed by atoms with Gasteiger partial charge in [-0.15, -0.1) is 0 Å². The third-order valence-electron chi connectivity index (χ3n) is 0. The first-order chi connectivity index (χ1) is 2.00. The van der Waals surface area contributed by atoms with Gasteiger partial charge in [0.2, 0.25) is 0 Å². The largest absolute Gasteiger partial charge is 1.00 e. The van der Waals surface area contributed by atoms with Crippen molar-refractivity contribution < 1.29 is 120 Å². The van der Waals surface area contributed by atoms with E-state index in [9.17, 15) is 0 Å². The number of hydrogen-bond donors (Lipinski definition) is 2. The summed E-state index contributed by atoms with van der Waals surface area (Å²) < 4.78 is 31.6. The number of hydrogen-bond acceptors (Lipinski definition) is 2. The molecule has 0 bridgehead atoms. The van der Waals surface area contributed by atoms with E-state index in [0.717, 1.165) is 0 Å². The molecule has 0 heterocycles. The third-order valence-corrected chi connectivity index (χ3v) is 0. The molecule has 0 aromatic carbocycles. The Bertz CT molecular complexity index is 103. The predicted octanol–water partition coefficient (Wildman–Crippen LogP) is -8.49. The number of rotatable bonds is 0. The van der Waals surface area contributed by atoms with Gasteiger partial charge in [-0.1, -0.05) is 0 Å². The maximum atomic E-state index is 8.74. The summed E-state index contributed by atoms with van der Waals surface area (Å²) in [6, 6.07) is 0. The van der Waals surface area contributed by atoms with Crippen LogP contribution in [0, 0.1) is 0 Å². The minimum Gasteiger partial charge on any atom is -1.00 e. The molecule has 13 heavy (non-hydrogen) atoms. The van der Waals surface area contributed by atoms with Crippen LogP contribution in [0.2, 0.25) is 0 Å². The Balaban J connectivity index is -0.00000000222. The molecule has 0 aromatic heterocycles. The Morgan fingerprint density at radius 1 is 0.769 bits per heavy atom. The van der Waals surface area contributed by atoms with Crippen LogP contribution in [0.25, 0.3) is 0 Å². The van der Waals surface area contributed by atoms with Gasteiger partial charge in [0.25, 0.3) is 0 Å². The molecule has 0 aliphatic carbocycles. The van der Waals surface area contributed by atoms with Gasteiger partial charge < -0.3 is 34.3 Å². The summed E-state index contributed by atoms with van der Waals surface area (Å²) in [5.74, 6) is 0. The molecule has 10 nitrogen and oxygen atoms in total. The minimum atomic E-state index is -4.67. The molecule has 0 atom stereocenters. The monoisotopic (exact) mass is 302 g/mol. The average molecular weight is 302 g/mol. The van der Waals surface area contributed by atoms with Crippen LogP contribution in [-0.4, -0.2) is 50.4 Å². The molecule has 0 saturated carbocycles. The van der Waals surface area contributed by atoms with E-state index >= 15 is 0 Å². The molecule has 0 unspecified atom stereocenters. The van der Waals surface area contributed by atoms with Crippen LogP contribution in [0.5, 0.6) is 0 Å². The molecule has 0 amide bonds. The fraction of sp³-hybridized carbons (Fsp3) is 0. The van der Waals surface area contributed by atoms with Crippen molar-refractivity contribution in [2.45, 2.75) is 0 Å². The molecule has 0 aromatic rings. The molecule has 0 rings (SSSR count). The van der Waals surface area contributed by atoms with Crippen LogP contribution < -0.4 is 51.4 Å². The Labute approximate surface area is 129 Å². The third kappa shape index (κ3) is 600. The first-order valence-corrected chi connectivity index (χ1v) is 2.10. The summed E-state index contributed by atoms with van der Waals surface area (Å²) >= 11 is 0. The predicted molar refractivity (Wildman–Crippen MR) is 37.0 cm³/mol. The van der Waals surface area contributed by atoms with Crippen LogP contribution in [0.3, 0.4) is 0 Å². The molecular formula is H15FeKO10S. The first kappa shape index (κ1) is 83.9. The molecule has 13 heteroatoms. The van der Waals surface area contributed by atoms with Gasteiger partial charge in [-0.05, 0) is 0 Å². The van der Waals surface area contributed by atoms with Crippen molar-refractivity contribution in [2.24, 2.45) is 0 Å². The molecule has 0 aliphatic rings. The van der Waals surface area contributed by atoms with Crippen LogP contribution in [0.15, 0.2) is 0 Å². The van der Waals surface area contributed by atoms with Crippen molar-refractivity contribution in [3.8, 4) is 0 Å². The van der Waals surface area contributed by atoms with E-state index in [0.29, 0.717) is 0 Å². The molecule has 90 valence electrons. The Morgan fingerprint density at radius 2 is 0.769 bits per heavy atom. The van der Waals surface area contributed by atoms with Gasteiger partial charge in [0.1, 0.15) is 0 Å². The zero-order valence-corrected chi connectivity index (χ0v) is 11.5. The fourth-order valence-electron chi connectivity index (χ4n) is 0. The van der Waals surface area contributed by atoms with Crippen LogP contribution >= 0.6 is 0 Å². The van der Waals surface area contributed by atoms with Gasteiger partial charge >= 0.3 is 61.8 Å². The second-order valence-electron chi connectivity index (χ2n) is 0.448. The first-order valence-electron chi connectivity index (χ1n) is 0.698. The normalized spacial score (nSPS) is 4.46. The summed E-state index contributed by atoms with van der Waals surface area (Å²) in [6.45, 7) is 0. The topological polar surface area (TPSA) is 264 Å². The molecule has 0 fully saturated rings. The molecule has 0 aliphatic heterocycles. The van der Waals surface area contributed by atoms with Gasteiger partial charge in [-0.25, -0.2) is 0 Å². The summed E-state index contributed by atoms with van der Waals surface area (Å²) in [7, 11) is -4.67. The van der Waals surface area contributed by atoms with Crippen molar-refractivity contribution in [1.82, 2.24) is 0 Å². The van der Waals surface area contributed by atoms with Gasteiger partial charge in [0, 0.05) is 17.1 Å². The second kappa shape index (κ2) is 37.2. The van der Waals surface area contributed by atoms with Crippen LogP contribution in [0.4, 0.5) is 0 Å². The van der Waals surface area contributed by atoms with Crippen molar-refractivity contribution in [2.75, 3.05) is 0 Å². The van der Waals surface area contributed by atoms with Gasteiger partial charge in [0.05, 0.1) is 0 Å². The summed E-state index contributed by atoms with van der Waals surface area (Å²) in [6.07, 6.45) is 0. The standard InChI is InChI=1S/Fe.K.H2O4S.6H2O.H/c;;1-5(2,3)4;;;;;;;/h;;(H2,1,2,3,4);6*1H2;/q;+1;;;;;;;;-1. The minimum absolute atomic E-state index is 0. The van der Waals surface area contributed by atoms with Crippen molar-refractivity contribution in [1.29, 1.82) is 0 Å². The van der Waals surface area contributed by atoms with E-state index in [1.165, 1.54) is 0 Å². The van der Waals surface area contributed by atoms with Crippen molar-refractivity contribution in [3.05, 3.63) is 0 Å². The maximum absolute atomic E-state index is 8.74. The van der Waals surface area contributed by atoms with E-state index in [-0.39, 0.29) is 103 Å². The van der Waals surface area contributed by atoms with E-state index in [1.807, 2.05) is 0 Å². The zero-order valence-electron chi connectivity index (χ0n) is 7.47. The maximum Gasteiger partial charge on any atom is 1.00 e. The Hall–Kier alpha value is 1.79. The molecule has 0 radical (unpaired) electrons. The van der Waals surface area contributed by atoms with Crippen LogP contribution in [-0.2, 0) is 27.5 Å². The summed E-state index contributed by atoms with van der Waals surface area (Å²) in [5, 5.41) is 0. The quantitative estimate of drug-likeness (QED) is 0.325. The molecule has 0 spiro atoms. The van der Waals surface area contributed by atoms with Gasteiger partial charge in [-0.3, -0.25) is 9.11 Å². The van der Waals surface area contributed by atoms with Crippen LogP contribution in [0.1, 0.15) is 1.43 Å². The van der Waals surface area contributed by atoms with E-state index < -0.39 is 10.4 Å².